The van der Waals surface area contributed by atoms with Crippen molar-refractivity contribution in [3.05, 3.63) is 23.8 Å². The maximum Gasteiger partial charge on any atom is 0.175 e. The Bertz CT molecular complexity index is 451. The van der Waals surface area contributed by atoms with Crippen LogP contribution in [-0.2, 0) is 16.3 Å². The summed E-state index contributed by atoms with van der Waals surface area (Å²) < 4.78 is 27.8. The van der Waals surface area contributed by atoms with Gasteiger partial charge in [-0.15, -0.1) is 0 Å². The summed E-state index contributed by atoms with van der Waals surface area (Å²) in [5, 5.41) is 8.74. The van der Waals surface area contributed by atoms with Crippen molar-refractivity contribution in [1.29, 1.82) is 0 Å². The molecule has 0 aliphatic rings. The van der Waals surface area contributed by atoms with Crippen LogP contribution in [0.25, 0.3) is 0 Å². The molecule has 16 heavy (non-hydrogen) atoms. The highest BCUT2D eigenvalue weighted by molar-refractivity contribution is 7.90. The van der Waals surface area contributed by atoms with E-state index < -0.39 is 9.84 Å². The van der Waals surface area contributed by atoms with Gasteiger partial charge >= 0.3 is 0 Å². The molecule has 1 aromatic rings. The number of benzene rings is 1. The second-order valence-corrected chi connectivity index (χ2v) is 5.59. The summed E-state index contributed by atoms with van der Waals surface area (Å²) in [6, 6.07) is 4.80. The fourth-order valence-corrected chi connectivity index (χ4v) is 2.07. The molecule has 1 N–H and O–H groups in total. The van der Waals surface area contributed by atoms with Crippen LogP contribution in [0.4, 0.5) is 0 Å². The summed E-state index contributed by atoms with van der Waals surface area (Å²) in [6.45, 7) is 0.108. The zero-order chi connectivity index (χ0) is 12.2. The zero-order valence-corrected chi connectivity index (χ0v) is 10.3. The molecule has 1 rings (SSSR count). The lowest BCUT2D eigenvalue weighted by atomic mass is 10.1. The van der Waals surface area contributed by atoms with Gasteiger partial charge in [0, 0.05) is 12.9 Å². The lowest BCUT2D eigenvalue weighted by Gasteiger charge is -2.09. The number of methoxy groups -OCH3 is 1. The van der Waals surface area contributed by atoms with E-state index in [0.29, 0.717) is 18.6 Å². The summed E-state index contributed by atoms with van der Waals surface area (Å²) >= 11 is 0. The van der Waals surface area contributed by atoms with E-state index >= 15 is 0 Å². The highest BCUT2D eigenvalue weighted by Gasteiger charge is 2.11. The van der Waals surface area contributed by atoms with Gasteiger partial charge in [0.1, 0.15) is 5.75 Å². The molecular weight excluding hydrogens is 228 g/mol. The number of aliphatic hydroxyl groups is 1. The summed E-state index contributed by atoms with van der Waals surface area (Å²) in [7, 11) is -1.70. The SMILES string of the molecule is COc1cc(S(C)(=O)=O)ccc1CCCO. The van der Waals surface area contributed by atoms with Gasteiger partial charge in [-0.1, -0.05) is 6.07 Å². The molecule has 0 aliphatic carbocycles. The first kappa shape index (κ1) is 13.0. The number of sulfone groups is 1. The maximum absolute atomic E-state index is 11.3. The van der Waals surface area contributed by atoms with E-state index in [0.717, 1.165) is 11.8 Å². The Morgan fingerprint density at radius 2 is 2.06 bits per heavy atom. The minimum Gasteiger partial charge on any atom is -0.496 e. The van der Waals surface area contributed by atoms with E-state index in [1.54, 1.807) is 12.1 Å². The Labute approximate surface area is 95.8 Å². The Kier molecular flexibility index (Phi) is 4.32. The fourth-order valence-electron chi connectivity index (χ4n) is 1.43. The zero-order valence-electron chi connectivity index (χ0n) is 9.43. The molecule has 5 heteroatoms. The molecule has 0 unspecified atom stereocenters. The molecule has 90 valence electrons. The standard InChI is InChI=1S/C11H16O4S/c1-15-11-8-10(16(2,13)14)6-5-9(11)4-3-7-12/h5-6,8,12H,3-4,7H2,1-2H3. The molecule has 4 nitrogen and oxygen atoms in total. The van der Waals surface area contributed by atoms with Crippen LogP contribution in [-0.4, -0.2) is 33.5 Å². The Hall–Kier alpha value is -1.07. The van der Waals surface area contributed by atoms with Gasteiger partial charge in [0.25, 0.3) is 0 Å². The monoisotopic (exact) mass is 244 g/mol. The average molecular weight is 244 g/mol. The highest BCUT2D eigenvalue weighted by Crippen LogP contribution is 2.23. The molecule has 0 saturated heterocycles. The van der Waals surface area contributed by atoms with Crippen molar-refractivity contribution in [3.63, 3.8) is 0 Å². The number of hydrogen-bond acceptors (Lipinski definition) is 4. The molecule has 0 amide bonds. The van der Waals surface area contributed by atoms with Gasteiger partial charge in [0.2, 0.25) is 0 Å². The quantitative estimate of drug-likeness (QED) is 0.840. The molecule has 0 radical (unpaired) electrons. The number of rotatable bonds is 5. The molecule has 0 aliphatic heterocycles. The second kappa shape index (κ2) is 5.32. The van der Waals surface area contributed by atoms with Crippen molar-refractivity contribution in [2.45, 2.75) is 17.7 Å². The van der Waals surface area contributed by atoms with E-state index in [-0.39, 0.29) is 11.5 Å². The molecule has 1 aromatic carbocycles. The molecule has 0 bridgehead atoms. The lowest BCUT2D eigenvalue weighted by Crippen LogP contribution is -2.00. The van der Waals surface area contributed by atoms with Crippen molar-refractivity contribution in [2.75, 3.05) is 20.0 Å². The van der Waals surface area contributed by atoms with Crippen molar-refractivity contribution in [2.24, 2.45) is 0 Å². The predicted molar refractivity (Wildman–Crippen MR) is 61.5 cm³/mol. The maximum atomic E-state index is 11.3. The van der Waals surface area contributed by atoms with Crippen LogP contribution in [0, 0.1) is 0 Å². The third-order valence-electron chi connectivity index (χ3n) is 2.29. The topological polar surface area (TPSA) is 63.6 Å². The van der Waals surface area contributed by atoms with Crippen molar-refractivity contribution in [3.8, 4) is 5.75 Å². The number of hydrogen-bond donors (Lipinski definition) is 1. The third kappa shape index (κ3) is 3.21. The summed E-state index contributed by atoms with van der Waals surface area (Å²) in [5.74, 6) is 0.552. The third-order valence-corrected chi connectivity index (χ3v) is 3.40. The van der Waals surface area contributed by atoms with E-state index in [1.807, 2.05) is 0 Å². The van der Waals surface area contributed by atoms with Crippen LogP contribution in [0.1, 0.15) is 12.0 Å². The fraction of sp³-hybridized carbons (Fsp3) is 0.455. The largest absolute Gasteiger partial charge is 0.496 e. The van der Waals surface area contributed by atoms with Crippen LogP contribution in [0.2, 0.25) is 0 Å². The average Bonchev–Trinajstić information content (AvgIpc) is 2.24. The van der Waals surface area contributed by atoms with Crippen LogP contribution < -0.4 is 4.74 Å². The minimum absolute atomic E-state index is 0.108. The van der Waals surface area contributed by atoms with E-state index in [2.05, 4.69) is 0 Å². The highest BCUT2D eigenvalue weighted by atomic mass is 32.2. The van der Waals surface area contributed by atoms with Gasteiger partial charge in [0.05, 0.1) is 12.0 Å². The van der Waals surface area contributed by atoms with Crippen LogP contribution in [0.3, 0.4) is 0 Å². The summed E-state index contributed by atoms with van der Waals surface area (Å²) in [4.78, 5) is 0.247. The molecule has 0 heterocycles. The first-order valence-electron chi connectivity index (χ1n) is 4.97. The Balaban J connectivity index is 3.07. The van der Waals surface area contributed by atoms with Crippen molar-refractivity contribution >= 4 is 9.84 Å². The van der Waals surface area contributed by atoms with E-state index in [9.17, 15) is 8.42 Å². The summed E-state index contributed by atoms with van der Waals surface area (Å²) in [6.07, 6.45) is 2.47. The number of ether oxygens (including phenoxy) is 1. The number of aliphatic hydroxyl groups excluding tert-OH is 1. The van der Waals surface area contributed by atoms with Gasteiger partial charge in [-0.2, -0.15) is 0 Å². The van der Waals surface area contributed by atoms with Crippen LogP contribution >= 0.6 is 0 Å². The number of aryl methyl sites for hydroxylation is 1. The lowest BCUT2D eigenvalue weighted by molar-refractivity contribution is 0.287. The molecule has 0 aromatic heterocycles. The minimum atomic E-state index is -3.20. The first-order valence-corrected chi connectivity index (χ1v) is 6.86. The van der Waals surface area contributed by atoms with Gasteiger partial charge in [0.15, 0.2) is 9.84 Å². The molecule has 0 spiro atoms. The van der Waals surface area contributed by atoms with Crippen molar-refractivity contribution in [1.82, 2.24) is 0 Å². The Morgan fingerprint density at radius 3 is 2.56 bits per heavy atom. The van der Waals surface area contributed by atoms with Crippen LogP contribution in [0.5, 0.6) is 5.75 Å². The van der Waals surface area contributed by atoms with Gasteiger partial charge in [-0.3, -0.25) is 0 Å². The first-order chi connectivity index (χ1) is 7.49. The Morgan fingerprint density at radius 1 is 1.38 bits per heavy atom. The normalized spacial score (nSPS) is 11.4. The molecular formula is C11H16O4S. The molecule has 0 fully saturated rings. The smallest absolute Gasteiger partial charge is 0.175 e. The van der Waals surface area contributed by atoms with Gasteiger partial charge in [-0.05, 0) is 30.5 Å². The van der Waals surface area contributed by atoms with E-state index in [1.165, 1.54) is 13.2 Å². The summed E-state index contributed by atoms with van der Waals surface area (Å²) in [5.41, 5.74) is 0.906. The second-order valence-electron chi connectivity index (χ2n) is 3.57. The van der Waals surface area contributed by atoms with Gasteiger partial charge in [-0.25, -0.2) is 8.42 Å². The van der Waals surface area contributed by atoms with Gasteiger partial charge < -0.3 is 9.84 Å². The molecule has 0 saturated carbocycles. The van der Waals surface area contributed by atoms with Crippen molar-refractivity contribution < 1.29 is 18.3 Å². The predicted octanol–water partition coefficient (Wildman–Crippen LogP) is 1.02. The van der Waals surface area contributed by atoms with Crippen LogP contribution in [0.15, 0.2) is 23.1 Å². The van der Waals surface area contributed by atoms with E-state index in [4.69, 9.17) is 9.84 Å². The molecule has 0 atom stereocenters.